The van der Waals surface area contributed by atoms with Crippen molar-refractivity contribution in [1.29, 1.82) is 0 Å². The summed E-state index contributed by atoms with van der Waals surface area (Å²) < 4.78 is 19.6. The quantitative estimate of drug-likeness (QED) is 0.925. The topological polar surface area (TPSA) is 67.4 Å². The van der Waals surface area contributed by atoms with Gasteiger partial charge in [-0.15, -0.1) is 0 Å². The van der Waals surface area contributed by atoms with E-state index < -0.39 is 5.82 Å². The number of halogens is 1. The standard InChI is InChI=1S/C17H19FN4O2/c1-12(23)19-9-13-8-15(18)17(21-10-13)14-2-3-16(20-11-14)22-4-6-24-7-5-22/h2-3,8,10-11H,4-7,9H2,1H3,(H,19,23). The number of carbonyl (C=O) groups is 1. The SMILES string of the molecule is CC(=O)NCc1cnc(-c2ccc(N3CCOCC3)nc2)c(F)c1. The van der Waals surface area contributed by atoms with Gasteiger partial charge in [-0.25, -0.2) is 9.37 Å². The van der Waals surface area contributed by atoms with Gasteiger partial charge >= 0.3 is 0 Å². The summed E-state index contributed by atoms with van der Waals surface area (Å²) in [6.45, 7) is 4.66. The molecule has 1 aliphatic heterocycles. The summed E-state index contributed by atoms with van der Waals surface area (Å²) in [4.78, 5) is 21.6. The van der Waals surface area contributed by atoms with Gasteiger partial charge in [0.05, 0.1) is 13.2 Å². The number of pyridine rings is 2. The van der Waals surface area contributed by atoms with Crippen LogP contribution in [0.5, 0.6) is 0 Å². The van der Waals surface area contributed by atoms with Crippen LogP contribution in [0.25, 0.3) is 11.3 Å². The highest BCUT2D eigenvalue weighted by molar-refractivity contribution is 5.72. The maximum Gasteiger partial charge on any atom is 0.217 e. The number of rotatable bonds is 4. The highest BCUT2D eigenvalue weighted by atomic mass is 19.1. The molecule has 1 fully saturated rings. The van der Waals surface area contributed by atoms with Crippen LogP contribution in [-0.2, 0) is 16.1 Å². The van der Waals surface area contributed by atoms with Gasteiger partial charge in [-0.1, -0.05) is 0 Å². The third-order valence-electron chi connectivity index (χ3n) is 3.80. The van der Waals surface area contributed by atoms with Crippen molar-refractivity contribution < 1.29 is 13.9 Å². The Morgan fingerprint density at radius 3 is 2.71 bits per heavy atom. The van der Waals surface area contributed by atoms with E-state index in [-0.39, 0.29) is 18.1 Å². The Kier molecular flexibility index (Phi) is 5.00. The summed E-state index contributed by atoms with van der Waals surface area (Å²) in [5.41, 5.74) is 1.49. The molecule has 0 spiro atoms. The predicted molar refractivity (Wildman–Crippen MR) is 88.0 cm³/mol. The van der Waals surface area contributed by atoms with Gasteiger partial charge in [0.15, 0.2) is 0 Å². The Bertz CT molecular complexity index is 715. The van der Waals surface area contributed by atoms with Crippen molar-refractivity contribution in [1.82, 2.24) is 15.3 Å². The Labute approximate surface area is 139 Å². The molecule has 0 aromatic carbocycles. The predicted octanol–water partition coefficient (Wildman–Crippen LogP) is 1.76. The van der Waals surface area contributed by atoms with Crippen molar-refractivity contribution in [2.24, 2.45) is 0 Å². The van der Waals surface area contributed by atoms with Crippen molar-refractivity contribution in [2.45, 2.75) is 13.5 Å². The second kappa shape index (κ2) is 7.35. The molecule has 1 aliphatic rings. The van der Waals surface area contributed by atoms with Gasteiger partial charge in [0.1, 0.15) is 17.3 Å². The lowest BCUT2D eigenvalue weighted by atomic mass is 10.1. The molecule has 1 amide bonds. The molecule has 0 atom stereocenters. The smallest absolute Gasteiger partial charge is 0.217 e. The molecule has 2 aromatic heterocycles. The van der Waals surface area contributed by atoms with Crippen molar-refractivity contribution >= 4 is 11.7 Å². The van der Waals surface area contributed by atoms with E-state index in [9.17, 15) is 9.18 Å². The van der Waals surface area contributed by atoms with E-state index in [4.69, 9.17) is 4.74 Å². The van der Waals surface area contributed by atoms with Crippen molar-refractivity contribution in [3.8, 4) is 11.3 Å². The number of amides is 1. The van der Waals surface area contributed by atoms with Crippen molar-refractivity contribution in [2.75, 3.05) is 31.2 Å². The Morgan fingerprint density at radius 1 is 1.29 bits per heavy atom. The van der Waals surface area contributed by atoms with Crippen LogP contribution in [0.4, 0.5) is 10.2 Å². The number of carbonyl (C=O) groups excluding carboxylic acids is 1. The van der Waals surface area contributed by atoms with Crippen LogP contribution in [0, 0.1) is 5.82 Å². The molecule has 126 valence electrons. The second-order valence-corrected chi connectivity index (χ2v) is 5.59. The Morgan fingerprint density at radius 2 is 2.08 bits per heavy atom. The zero-order chi connectivity index (χ0) is 16.9. The monoisotopic (exact) mass is 330 g/mol. The van der Waals surface area contributed by atoms with Crippen LogP contribution in [-0.4, -0.2) is 42.2 Å². The van der Waals surface area contributed by atoms with Gasteiger partial charge < -0.3 is 15.0 Å². The van der Waals surface area contributed by atoms with Gasteiger partial charge in [-0.2, -0.15) is 0 Å². The number of hydrogen-bond donors (Lipinski definition) is 1. The maximum absolute atomic E-state index is 14.3. The molecule has 24 heavy (non-hydrogen) atoms. The zero-order valence-corrected chi connectivity index (χ0v) is 13.5. The van der Waals surface area contributed by atoms with Crippen LogP contribution >= 0.6 is 0 Å². The second-order valence-electron chi connectivity index (χ2n) is 5.59. The number of nitrogens with zero attached hydrogens (tertiary/aromatic N) is 3. The first-order valence-electron chi connectivity index (χ1n) is 7.81. The lowest BCUT2D eigenvalue weighted by Gasteiger charge is -2.27. The molecule has 0 aliphatic carbocycles. The first kappa shape index (κ1) is 16.3. The van der Waals surface area contributed by atoms with Crippen LogP contribution < -0.4 is 10.2 Å². The number of hydrogen-bond acceptors (Lipinski definition) is 5. The van der Waals surface area contributed by atoms with E-state index in [0.717, 1.165) is 18.9 Å². The highest BCUT2D eigenvalue weighted by Crippen LogP contribution is 2.22. The summed E-state index contributed by atoms with van der Waals surface area (Å²) in [6.07, 6.45) is 3.19. The van der Waals surface area contributed by atoms with E-state index in [0.29, 0.717) is 24.3 Å². The molecule has 3 rings (SSSR count). The molecule has 3 heterocycles. The summed E-state index contributed by atoms with van der Waals surface area (Å²) in [7, 11) is 0. The largest absolute Gasteiger partial charge is 0.378 e. The molecule has 1 saturated heterocycles. The van der Waals surface area contributed by atoms with E-state index >= 15 is 0 Å². The maximum atomic E-state index is 14.3. The van der Waals surface area contributed by atoms with Crippen LogP contribution in [0.15, 0.2) is 30.6 Å². The summed E-state index contributed by atoms with van der Waals surface area (Å²) in [6, 6.07) is 5.07. The summed E-state index contributed by atoms with van der Waals surface area (Å²) in [5, 5.41) is 2.62. The minimum Gasteiger partial charge on any atom is -0.378 e. The van der Waals surface area contributed by atoms with E-state index in [2.05, 4.69) is 20.2 Å². The molecular formula is C17H19FN4O2. The molecule has 0 unspecified atom stereocenters. The van der Waals surface area contributed by atoms with Gasteiger partial charge in [0, 0.05) is 44.5 Å². The van der Waals surface area contributed by atoms with Crippen LogP contribution in [0.1, 0.15) is 12.5 Å². The van der Waals surface area contributed by atoms with Gasteiger partial charge in [-0.3, -0.25) is 9.78 Å². The van der Waals surface area contributed by atoms with Crippen molar-refractivity contribution in [3.63, 3.8) is 0 Å². The molecule has 6 nitrogen and oxygen atoms in total. The molecule has 2 aromatic rings. The fourth-order valence-corrected chi connectivity index (χ4v) is 2.52. The van der Waals surface area contributed by atoms with Gasteiger partial charge in [0.2, 0.25) is 5.91 Å². The molecule has 7 heteroatoms. The van der Waals surface area contributed by atoms with Crippen LogP contribution in [0.2, 0.25) is 0 Å². The first-order valence-corrected chi connectivity index (χ1v) is 7.81. The third-order valence-corrected chi connectivity index (χ3v) is 3.80. The minimum absolute atomic E-state index is 0.164. The van der Waals surface area contributed by atoms with Crippen LogP contribution in [0.3, 0.4) is 0 Å². The number of nitrogens with one attached hydrogen (secondary N) is 1. The normalized spacial score (nSPS) is 14.5. The summed E-state index contributed by atoms with van der Waals surface area (Å²) in [5.74, 6) is 0.255. The number of ether oxygens (including phenoxy) is 1. The minimum atomic E-state index is -0.432. The van der Waals surface area contributed by atoms with E-state index in [1.54, 1.807) is 12.4 Å². The Hall–Kier alpha value is -2.54. The molecule has 0 radical (unpaired) electrons. The fourth-order valence-electron chi connectivity index (χ4n) is 2.52. The number of aromatic nitrogens is 2. The fraction of sp³-hybridized carbons (Fsp3) is 0.353. The van der Waals surface area contributed by atoms with Crippen molar-refractivity contribution in [3.05, 3.63) is 42.0 Å². The third kappa shape index (κ3) is 3.86. The average Bonchev–Trinajstić information content (AvgIpc) is 2.61. The Balaban J connectivity index is 1.75. The average molecular weight is 330 g/mol. The number of morpholine rings is 1. The van der Waals surface area contributed by atoms with E-state index in [1.807, 2.05) is 12.1 Å². The van der Waals surface area contributed by atoms with Gasteiger partial charge in [0.25, 0.3) is 0 Å². The zero-order valence-electron chi connectivity index (χ0n) is 13.5. The van der Waals surface area contributed by atoms with E-state index in [1.165, 1.54) is 13.0 Å². The molecule has 0 saturated carbocycles. The summed E-state index contributed by atoms with van der Waals surface area (Å²) >= 11 is 0. The lowest BCUT2D eigenvalue weighted by molar-refractivity contribution is -0.119. The highest BCUT2D eigenvalue weighted by Gasteiger charge is 2.14. The molecular weight excluding hydrogens is 311 g/mol. The lowest BCUT2D eigenvalue weighted by Crippen LogP contribution is -2.36. The molecule has 1 N–H and O–H groups in total. The first-order chi connectivity index (χ1) is 11.6. The number of anilines is 1. The molecule has 0 bridgehead atoms. The van der Waals surface area contributed by atoms with Gasteiger partial charge in [-0.05, 0) is 23.8 Å².